The highest BCUT2D eigenvalue weighted by Crippen LogP contribution is 2.16. The van der Waals surface area contributed by atoms with Crippen LogP contribution in [0.5, 0.6) is 0 Å². The third-order valence-corrected chi connectivity index (χ3v) is 2.64. The Kier molecular flexibility index (Phi) is 7.26. The summed E-state index contributed by atoms with van der Waals surface area (Å²) in [6.45, 7) is 8.71. The molecule has 1 rings (SSSR count). The van der Waals surface area contributed by atoms with E-state index in [-0.39, 0.29) is 36.5 Å². The Morgan fingerprint density at radius 1 is 0.913 bits per heavy atom. The highest BCUT2D eigenvalue weighted by atomic mass is 16.5. The van der Waals surface area contributed by atoms with Crippen LogP contribution in [0, 0.1) is 0 Å². The van der Waals surface area contributed by atoms with Crippen LogP contribution in [0.1, 0.15) is 38.0 Å². The van der Waals surface area contributed by atoms with Gasteiger partial charge in [0, 0.05) is 0 Å². The summed E-state index contributed by atoms with van der Waals surface area (Å²) in [5, 5.41) is 0. The normalized spacial score (nSPS) is 9.61. The molecular formula is C17H18O6. The number of carbonyl (C=O) groups excluding carboxylic acids is 3. The molecule has 0 bridgehead atoms. The number of benzene rings is 1. The summed E-state index contributed by atoms with van der Waals surface area (Å²) in [5.74, 6) is -2.08. The van der Waals surface area contributed by atoms with Gasteiger partial charge in [-0.05, 0) is 25.1 Å². The largest absolute Gasteiger partial charge is 0.462 e. The number of hydrogen-bond donors (Lipinski definition) is 0. The zero-order valence-electron chi connectivity index (χ0n) is 12.9. The van der Waals surface area contributed by atoms with Gasteiger partial charge in [-0.3, -0.25) is 0 Å². The van der Waals surface area contributed by atoms with E-state index in [1.807, 2.05) is 0 Å². The molecule has 6 nitrogen and oxygen atoms in total. The minimum atomic E-state index is -0.762. The van der Waals surface area contributed by atoms with E-state index in [1.165, 1.54) is 30.4 Å². The maximum absolute atomic E-state index is 12.1. The Balaban J connectivity index is 3.19. The number of carbonyl (C=O) groups is 3. The molecule has 0 aliphatic carbocycles. The van der Waals surface area contributed by atoms with E-state index in [2.05, 4.69) is 13.2 Å². The summed E-state index contributed by atoms with van der Waals surface area (Å²) in [6, 6.07) is 3.95. The minimum Gasteiger partial charge on any atom is -0.462 e. The lowest BCUT2D eigenvalue weighted by molar-refractivity contribution is 0.0498. The van der Waals surface area contributed by atoms with Gasteiger partial charge in [0.25, 0.3) is 0 Å². The maximum atomic E-state index is 12.1. The van der Waals surface area contributed by atoms with Gasteiger partial charge in [0.2, 0.25) is 0 Å². The van der Waals surface area contributed by atoms with Crippen molar-refractivity contribution in [3.05, 3.63) is 60.2 Å². The topological polar surface area (TPSA) is 78.9 Å². The monoisotopic (exact) mass is 318 g/mol. The molecule has 1 aromatic carbocycles. The van der Waals surface area contributed by atoms with Crippen molar-refractivity contribution in [1.82, 2.24) is 0 Å². The maximum Gasteiger partial charge on any atom is 0.339 e. The van der Waals surface area contributed by atoms with Gasteiger partial charge < -0.3 is 14.2 Å². The molecule has 0 N–H and O–H groups in total. The average Bonchev–Trinajstić information content (AvgIpc) is 2.57. The number of rotatable bonds is 8. The Labute approximate surface area is 134 Å². The van der Waals surface area contributed by atoms with Crippen molar-refractivity contribution < 1.29 is 28.6 Å². The standard InChI is InChI=1S/C17H18O6/c1-4-9-22-16(19)13-8-7-12(15(18)21-6-3)11-14(13)17(20)23-10-5-2/h4-5,7-8,11H,1-2,6,9-10H2,3H3. The fourth-order valence-electron chi connectivity index (χ4n) is 1.66. The molecule has 0 heterocycles. The number of hydrogen-bond acceptors (Lipinski definition) is 6. The molecule has 0 atom stereocenters. The average molecular weight is 318 g/mol. The van der Waals surface area contributed by atoms with E-state index in [9.17, 15) is 14.4 Å². The quantitative estimate of drug-likeness (QED) is 0.416. The molecule has 122 valence electrons. The lowest BCUT2D eigenvalue weighted by atomic mass is 10.0. The number of esters is 3. The van der Waals surface area contributed by atoms with Crippen LogP contribution in [0.15, 0.2) is 43.5 Å². The first-order valence-electron chi connectivity index (χ1n) is 6.92. The highest BCUT2D eigenvalue weighted by molar-refractivity contribution is 6.05. The molecule has 23 heavy (non-hydrogen) atoms. The van der Waals surface area contributed by atoms with Crippen LogP contribution < -0.4 is 0 Å². The molecule has 0 aromatic heterocycles. The fraction of sp³-hybridized carbons (Fsp3) is 0.235. The Bertz CT molecular complexity index is 618. The first kappa shape index (κ1) is 18.2. The van der Waals surface area contributed by atoms with E-state index in [0.29, 0.717) is 0 Å². The van der Waals surface area contributed by atoms with Gasteiger partial charge in [0.15, 0.2) is 0 Å². The Morgan fingerprint density at radius 3 is 2.00 bits per heavy atom. The first-order valence-corrected chi connectivity index (χ1v) is 6.92. The molecule has 0 unspecified atom stereocenters. The van der Waals surface area contributed by atoms with Gasteiger partial charge in [-0.15, -0.1) is 0 Å². The molecule has 6 heteroatoms. The van der Waals surface area contributed by atoms with Gasteiger partial charge in [-0.1, -0.05) is 25.3 Å². The summed E-state index contributed by atoms with van der Waals surface area (Å²) >= 11 is 0. The lowest BCUT2D eigenvalue weighted by Gasteiger charge is -2.10. The van der Waals surface area contributed by atoms with Gasteiger partial charge in [-0.25, -0.2) is 14.4 Å². The van der Waals surface area contributed by atoms with E-state index in [4.69, 9.17) is 14.2 Å². The van der Waals surface area contributed by atoms with Crippen LogP contribution in [0.3, 0.4) is 0 Å². The van der Waals surface area contributed by atoms with Crippen molar-refractivity contribution in [1.29, 1.82) is 0 Å². The van der Waals surface area contributed by atoms with Crippen molar-refractivity contribution in [3.63, 3.8) is 0 Å². The van der Waals surface area contributed by atoms with Gasteiger partial charge in [-0.2, -0.15) is 0 Å². The second-order valence-corrected chi connectivity index (χ2v) is 4.26. The van der Waals surface area contributed by atoms with Crippen LogP contribution in [-0.4, -0.2) is 37.7 Å². The molecular weight excluding hydrogens is 300 g/mol. The van der Waals surface area contributed by atoms with Crippen molar-refractivity contribution in [2.24, 2.45) is 0 Å². The zero-order chi connectivity index (χ0) is 17.2. The fourth-order valence-corrected chi connectivity index (χ4v) is 1.66. The highest BCUT2D eigenvalue weighted by Gasteiger charge is 2.21. The summed E-state index contributed by atoms with van der Waals surface area (Å²) < 4.78 is 14.7. The van der Waals surface area contributed by atoms with Crippen LogP contribution in [0.4, 0.5) is 0 Å². The van der Waals surface area contributed by atoms with Crippen LogP contribution in [0.2, 0.25) is 0 Å². The molecule has 0 radical (unpaired) electrons. The zero-order valence-corrected chi connectivity index (χ0v) is 12.9. The Morgan fingerprint density at radius 2 is 1.48 bits per heavy atom. The van der Waals surface area contributed by atoms with E-state index < -0.39 is 17.9 Å². The number of ether oxygens (including phenoxy) is 3. The summed E-state index contributed by atoms with van der Waals surface area (Å²) in [6.07, 6.45) is 2.80. The smallest absolute Gasteiger partial charge is 0.339 e. The molecule has 0 spiro atoms. The summed E-state index contributed by atoms with van der Waals surface area (Å²) in [7, 11) is 0. The van der Waals surface area contributed by atoms with Gasteiger partial charge in [0.1, 0.15) is 13.2 Å². The van der Waals surface area contributed by atoms with Gasteiger partial charge >= 0.3 is 17.9 Å². The predicted molar refractivity (Wildman–Crippen MR) is 83.4 cm³/mol. The SMILES string of the molecule is C=CCOC(=O)c1ccc(C(=O)OCC)cc1C(=O)OCC=C. The lowest BCUT2D eigenvalue weighted by Crippen LogP contribution is -2.16. The molecule has 0 amide bonds. The van der Waals surface area contributed by atoms with Crippen LogP contribution in [0.25, 0.3) is 0 Å². The van der Waals surface area contributed by atoms with Crippen LogP contribution >= 0.6 is 0 Å². The van der Waals surface area contributed by atoms with Crippen molar-refractivity contribution in [2.45, 2.75) is 6.92 Å². The summed E-state index contributed by atoms with van der Waals surface area (Å²) in [5.41, 5.74) is 0.0538. The van der Waals surface area contributed by atoms with Crippen molar-refractivity contribution in [3.8, 4) is 0 Å². The molecule has 1 aromatic rings. The molecule has 0 aliphatic rings. The van der Waals surface area contributed by atoms with Gasteiger partial charge in [0.05, 0.1) is 23.3 Å². The first-order chi connectivity index (χ1) is 11.0. The van der Waals surface area contributed by atoms with E-state index in [1.54, 1.807) is 6.92 Å². The third kappa shape index (κ3) is 5.10. The van der Waals surface area contributed by atoms with E-state index >= 15 is 0 Å². The Hall–Kier alpha value is -2.89. The second-order valence-electron chi connectivity index (χ2n) is 4.26. The third-order valence-electron chi connectivity index (χ3n) is 2.64. The second kappa shape index (κ2) is 9.19. The predicted octanol–water partition coefficient (Wildman–Crippen LogP) is 2.55. The molecule has 0 fully saturated rings. The molecule has 0 aliphatic heterocycles. The van der Waals surface area contributed by atoms with E-state index in [0.717, 1.165) is 0 Å². The van der Waals surface area contributed by atoms with Crippen molar-refractivity contribution >= 4 is 17.9 Å². The molecule has 0 saturated carbocycles. The van der Waals surface area contributed by atoms with Crippen LogP contribution in [-0.2, 0) is 14.2 Å². The molecule has 0 saturated heterocycles. The summed E-state index contributed by atoms with van der Waals surface area (Å²) in [4.78, 5) is 35.8. The van der Waals surface area contributed by atoms with Crippen molar-refractivity contribution in [2.75, 3.05) is 19.8 Å². The minimum absolute atomic E-state index is 0.000390.